The third-order valence-electron chi connectivity index (χ3n) is 5.88. The average molecular weight is 339 g/mol. The molecule has 0 spiro atoms. The molecule has 0 radical (unpaired) electrons. The van der Waals surface area contributed by atoms with Gasteiger partial charge < -0.3 is 14.6 Å². The number of hydrogen-bond acceptors (Lipinski definition) is 5. The molecule has 128 valence electrons. The molecule has 5 rings (SSSR count). The zero-order valence-electron chi connectivity index (χ0n) is 12.9. The van der Waals surface area contributed by atoms with Crippen LogP contribution in [-0.4, -0.2) is 45.7 Å². The van der Waals surface area contributed by atoms with Crippen LogP contribution in [0.5, 0.6) is 0 Å². The smallest absolute Gasteiger partial charge is 0.379 e. The average Bonchev–Trinajstić information content (AvgIpc) is 3.24. The monoisotopic (exact) mass is 339 g/mol. The number of imidazole rings is 1. The second-order valence-electron chi connectivity index (χ2n) is 6.97. The molecule has 2 saturated carbocycles. The Balaban J connectivity index is 1.65. The standard InChI is InChI=1S/C15H16F3N5O/c1-24-11-6-2-7-4-23(10(11)8(7)3-6)13-9-12(20-5-19-9)21-14(22-13)15(16,17)18/h5-8,10-11H,2-4H2,1H3,(H,19,20,21,22). The summed E-state index contributed by atoms with van der Waals surface area (Å²) in [4.78, 5) is 16.2. The summed E-state index contributed by atoms with van der Waals surface area (Å²) in [5, 5.41) is 0. The third-order valence-corrected chi connectivity index (χ3v) is 5.88. The Morgan fingerprint density at radius 3 is 2.83 bits per heavy atom. The highest BCUT2D eigenvalue weighted by atomic mass is 19.4. The molecule has 3 fully saturated rings. The van der Waals surface area contributed by atoms with Gasteiger partial charge in [-0.3, -0.25) is 0 Å². The van der Waals surface area contributed by atoms with Gasteiger partial charge in [-0.1, -0.05) is 0 Å². The predicted molar refractivity (Wildman–Crippen MR) is 78.3 cm³/mol. The Labute approximate surface area is 135 Å². The number of halogens is 3. The van der Waals surface area contributed by atoms with E-state index >= 15 is 0 Å². The minimum atomic E-state index is -4.60. The van der Waals surface area contributed by atoms with E-state index in [-0.39, 0.29) is 17.8 Å². The van der Waals surface area contributed by atoms with E-state index < -0.39 is 12.0 Å². The maximum Gasteiger partial charge on any atom is 0.451 e. The molecule has 0 amide bonds. The number of rotatable bonds is 2. The van der Waals surface area contributed by atoms with Gasteiger partial charge in [-0.25, -0.2) is 15.0 Å². The second kappa shape index (κ2) is 4.59. The van der Waals surface area contributed by atoms with Crippen LogP contribution in [0, 0.1) is 17.8 Å². The molecule has 24 heavy (non-hydrogen) atoms. The fraction of sp³-hybridized carbons (Fsp3) is 0.667. The summed E-state index contributed by atoms with van der Waals surface area (Å²) >= 11 is 0. The van der Waals surface area contributed by atoms with Crippen LogP contribution < -0.4 is 4.90 Å². The van der Waals surface area contributed by atoms with Crippen LogP contribution in [-0.2, 0) is 10.9 Å². The fourth-order valence-corrected chi connectivity index (χ4v) is 5.12. The highest BCUT2D eigenvalue weighted by molar-refractivity contribution is 5.83. The molecule has 1 aliphatic heterocycles. The van der Waals surface area contributed by atoms with Gasteiger partial charge in [0.15, 0.2) is 11.5 Å². The minimum absolute atomic E-state index is 0.0510. The molecule has 2 aliphatic carbocycles. The first kappa shape index (κ1) is 14.4. The van der Waals surface area contributed by atoms with E-state index in [1.54, 1.807) is 7.11 Å². The minimum Gasteiger partial charge on any atom is -0.379 e. The number of aromatic amines is 1. The molecular weight excluding hydrogens is 323 g/mol. The molecule has 3 aliphatic rings. The van der Waals surface area contributed by atoms with E-state index in [1.165, 1.54) is 6.33 Å². The summed E-state index contributed by atoms with van der Waals surface area (Å²) in [6.45, 7) is 0.716. The van der Waals surface area contributed by atoms with Gasteiger partial charge in [0, 0.05) is 13.7 Å². The van der Waals surface area contributed by atoms with Crippen molar-refractivity contribution in [1.29, 1.82) is 0 Å². The van der Waals surface area contributed by atoms with Crippen LogP contribution in [0.1, 0.15) is 18.7 Å². The van der Waals surface area contributed by atoms with Gasteiger partial charge >= 0.3 is 6.18 Å². The lowest BCUT2D eigenvalue weighted by atomic mass is 9.88. The highest BCUT2D eigenvalue weighted by Crippen LogP contribution is 2.56. The van der Waals surface area contributed by atoms with Gasteiger partial charge in [-0.2, -0.15) is 13.2 Å². The number of fused-ring (bicyclic) bond motifs is 2. The number of ether oxygens (including phenoxy) is 1. The summed E-state index contributed by atoms with van der Waals surface area (Å²) < 4.78 is 45.2. The molecule has 1 N–H and O–H groups in total. The first-order valence-electron chi connectivity index (χ1n) is 8.05. The van der Waals surface area contributed by atoms with E-state index in [1.807, 2.05) is 4.90 Å². The van der Waals surface area contributed by atoms with Crippen molar-refractivity contribution in [2.45, 2.75) is 31.2 Å². The van der Waals surface area contributed by atoms with Crippen LogP contribution in [0.3, 0.4) is 0 Å². The Hall–Kier alpha value is -1.90. The maximum atomic E-state index is 13.2. The summed E-state index contributed by atoms with van der Waals surface area (Å²) in [6, 6.07) is 0.0845. The molecule has 5 unspecified atom stereocenters. The number of nitrogens with one attached hydrogen (secondary N) is 1. The van der Waals surface area contributed by atoms with Crippen molar-refractivity contribution >= 4 is 17.0 Å². The SMILES string of the molecule is COC1C2CC3CN(c4nc(C(F)(F)F)nc5nc[nH]c45)C1C3C2. The van der Waals surface area contributed by atoms with Crippen molar-refractivity contribution in [1.82, 2.24) is 19.9 Å². The Morgan fingerprint density at radius 1 is 1.25 bits per heavy atom. The maximum absolute atomic E-state index is 13.2. The van der Waals surface area contributed by atoms with Crippen molar-refractivity contribution in [2.75, 3.05) is 18.6 Å². The van der Waals surface area contributed by atoms with E-state index in [4.69, 9.17) is 4.74 Å². The third kappa shape index (κ3) is 1.78. The van der Waals surface area contributed by atoms with E-state index in [0.29, 0.717) is 35.6 Å². The van der Waals surface area contributed by atoms with E-state index in [0.717, 1.165) is 12.8 Å². The molecule has 0 aromatic carbocycles. The number of anilines is 1. The lowest BCUT2D eigenvalue weighted by Gasteiger charge is -2.32. The molecule has 2 bridgehead atoms. The second-order valence-corrected chi connectivity index (χ2v) is 6.97. The summed E-state index contributed by atoms with van der Waals surface area (Å²) in [5.41, 5.74) is 0.512. The van der Waals surface area contributed by atoms with Crippen LogP contribution in [0.25, 0.3) is 11.2 Å². The first-order chi connectivity index (χ1) is 11.5. The van der Waals surface area contributed by atoms with Gasteiger partial charge in [0.1, 0.15) is 5.52 Å². The zero-order chi connectivity index (χ0) is 16.6. The zero-order valence-corrected chi connectivity index (χ0v) is 12.9. The van der Waals surface area contributed by atoms with Gasteiger partial charge in [-0.05, 0) is 30.6 Å². The van der Waals surface area contributed by atoms with Crippen molar-refractivity contribution in [3.63, 3.8) is 0 Å². The number of nitrogens with zero attached hydrogens (tertiary/aromatic N) is 4. The number of methoxy groups -OCH3 is 1. The fourth-order valence-electron chi connectivity index (χ4n) is 5.12. The van der Waals surface area contributed by atoms with Gasteiger partial charge in [0.25, 0.3) is 0 Å². The lowest BCUT2D eigenvalue weighted by molar-refractivity contribution is -0.144. The molecule has 1 saturated heterocycles. The van der Waals surface area contributed by atoms with Crippen LogP contribution in [0.4, 0.5) is 19.0 Å². The van der Waals surface area contributed by atoms with Gasteiger partial charge in [-0.15, -0.1) is 0 Å². The molecule has 5 atom stereocenters. The first-order valence-corrected chi connectivity index (χ1v) is 8.05. The number of hydrogen-bond donors (Lipinski definition) is 1. The molecule has 2 aromatic rings. The predicted octanol–water partition coefficient (Wildman–Crippen LogP) is 2.23. The van der Waals surface area contributed by atoms with Crippen LogP contribution >= 0.6 is 0 Å². The summed E-state index contributed by atoms with van der Waals surface area (Å²) in [7, 11) is 1.68. The lowest BCUT2D eigenvalue weighted by Crippen LogP contribution is -2.42. The van der Waals surface area contributed by atoms with Crippen molar-refractivity contribution in [3.8, 4) is 0 Å². The molecular formula is C15H16F3N5O. The summed E-state index contributed by atoms with van der Waals surface area (Å²) in [6.07, 6.45) is -1.01. The van der Waals surface area contributed by atoms with Gasteiger partial charge in [0.2, 0.25) is 5.82 Å². The Bertz CT molecular complexity index is 804. The van der Waals surface area contributed by atoms with Crippen LogP contribution in [0.2, 0.25) is 0 Å². The van der Waals surface area contributed by atoms with E-state index in [9.17, 15) is 13.2 Å². The van der Waals surface area contributed by atoms with Crippen molar-refractivity contribution in [3.05, 3.63) is 12.2 Å². The quantitative estimate of drug-likeness (QED) is 0.909. The summed E-state index contributed by atoms with van der Waals surface area (Å²) in [5.74, 6) is 0.642. The topological polar surface area (TPSA) is 66.9 Å². The Kier molecular flexibility index (Phi) is 2.76. The Morgan fingerprint density at radius 2 is 2.08 bits per heavy atom. The van der Waals surface area contributed by atoms with E-state index in [2.05, 4.69) is 19.9 Å². The van der Waals surface area contributed by atoms with Gasteiger partial charge in [0.05, 0.1) is 18.5 Å². The molecule has 9 heteroatoms. The van der Waals surface area contributed by atoms with Crippen molar-refractivity contribution < 1.29 is 17.9 Å². The molecule has 2 aromatic heterocycles. The number of alkyl halides is 3. The largest absolute Gasteiger partial charge is 0.451 e. The number of H-pyrrole nitrogens is 1. The number of aromatic nitrogens is 4. The van der Waals surface area contributed by atoms with Crippen LogP contribution in [0.15, 0.2) is 6.33 Å². The van der Waals surface area contributed by atoms with Crippen molar-refractivity contribution in [2.24, 2.45) is 17.8 Å². The highest BCUT2D eigenvalue weighted by Gasteiger charge is 2.60. The molecule has 6 nitrogen and oxygen atoms in total. The molecule has 3 heterocycles. The normalized spacial score (nSPS) is 34.7.